The number of aryl methyl sites for hydroxylation is 1. The third-order valence-electron chi connectivity index (χ3n) is 3.17. The van der Waals surface area contributed by atoms with E-state index in [9.17, 15) is 10.2 Å². The Morgan fingerprint density at radius 2 is 1.94 bits per heavy atom. The fourth-order valence-corrected chi connectivity index (χ4v) is 1.71. The molecule has 1 rings (SSSR count). The summed E-state index contributed by atoms with van der Waals surface area (Å²) in [6.07, 6.45) is 0.637. The van der Waals surface area contributed by atoms with Gasteiger partial charge in [0.1, 0.15) is 0 Å². The number of hydrogen-bond donors (Lipinski definition) is 4. The van der Waals surface area contributed by atoms with Gasteiger partial charge in [0.05, 0.1) is 18.8 Å². The Hall–Kier alpha value is -1.10. The molecule has 0 bridgehead atoms. The van der Waals surface area contributed by atoms with E-state index < -0.39 is 5.54 Å². The summed E-state index contributed by atoms with van der Waals surface area (Å²) in [5, 5.41) is 22.1. The smallest absolute Gasteiger partial charge is 0.0832 e. The second-order valence-corrected chi connectivity index (χ2v) is 4.44. The predicted octanol–water partition coefficient (Wildman–Crippen LogP) is 0.999. The molecule has 96 valence electrons. The van der Waals surface area contributed by atoms with Crippen molar-refractivity contribution in [1.29, 1.82) is 0 Å². The van der Waals surface area contributed by atoms with E-state index in [0.717, 1.165) is 16.8 Å². The second kappa shape index (κ2) is 6.00. The largest absolute Gasteiger partial charge is 0.394 e. The first-order valence-electron chi connectivity index (χ1n) is 5.90. The van der Waals surface area contributed by atoms with Gasteiger partial charge in [-0.3, -0.25) is 0 Å². The van der Waals surface area contributed by atoms with Gasteiger partial charge in [0.15, 0.2) is 0 Å². The van der Waals surface area contributed by atoms with Crippen molar-refractivity contribution in [2.24, 2.45) is 5.73 Å². The summed E-state index contributed by atoms with van der Waals surface area (Å²) in [6, 6.07) is 5.95. The van der Waals surface area contributed by atoms with E-state index in [-0.39, 0.29) is 13.2 Å². The third-order valence-corrected chi connectivity index (χ3v) is 3.17. The van der Waals surface area contributed by atoms with Crippen molar-refractivity contribution in [3.8, 4) is 0 Å². The molecule has 5 N–H and O–H groups in total. The molecule has 0 heterocycles. The molecular formula is C13H22N2O2. The minimum atomic E-state index is -0.683. The molecule has 0 aliphatic heterocycles. The predicted molar refractivity (Wildman–Crippen MR) is 69.9 cm³/mol. The molecule has 0 aromatic heterocycles. The van der Waals surface area contributed by atoms with Crippen molar-refractivity contribution in [2.75, 3.05) is 18.5 Å². The van der Waals surface area contributed by atoms with Crippen molar-refractivity contribution in [1.82, 2.24) is 0 Å². The van der Waals surface area contributed by atoms with Gasteiger partial charge >= 0.3 is 0 Å². The second-order valence-electron chi connectivity index (χ2n) is 4.44. The van der Waals surface area contributed by atoms with Crippen LogP contribution in [0.2, 0.25) is 0 Å². The van der Waals surface area contributed by atoms with Gasteiger partial charge in [0, 0.05) is 12.2 Å². The van der Waals surface area contributed by atoms with E-state index in [4.69, 9.17) is 5.73 Å². The van der Waals surface area contributed by atoms with Crippen LogP contribution in [0.15, 0.2) is 18.2 Å². The molecule has 0 unspecified atom stereocenters. The van der Waals surface area contributed by atoms with Crippen LogP contribution in [0.1, 0.15) is 24.5 Å². The van der Waals surface area contributed by atoms with E-state index in [0.29, 0.717) is 13.0 Å². The van der Waals surface area contributed by atoms with Crippen LogP contribution in [0.3, 0.4) is 0 Å². The molecule has 1 aromatic carbocycles. The fourth-order valence-electron chi connectivity index (χ4n) is 1.71. The summed E-state index contributed by atoms with van der Waals surface area (Å²) in [5.41, 5.74) is 7.98. The molecule has 0 atom stereocenters. The molecular weight excluding hydrogens is 216 g/mol. The Morgan fingerprint density at radius 1 is 1.29 bits per heavy atom. The number of rotatable bonds is 6. The molecule has 4 nitrogen and oxygen atoms in total. The zero-order chi connectivity index (χ0) is 12.9. The normalized spacial score (nSPS) is 11.6. The van der Waals surface area contributed by atoms with Crippen LogP contribution in [0.4, 0.5) is 5.69 Å². The van der Waals surface area contributed by atoms with Gasteiger partial charge in [-0.25, -0.2) is 0 Å². The van der Waals surface area contributed by atoms with Crippen LogP contribution < -0.4 is 11.1 Å². The lowest BCUT2D eigenvalue weighted by atomic mass is 9.96. The highest BCUT2D eigenvalue weighted by Crippen LogP contribution is 2.23. The molecule has 0 saturated heterocycles. The van der Waals surface area contributed by atoms with E-state index in [1.165, 1.54) is 0 Å². The Balaban J connectivity index is 3.03. The summed E-state index contributed by atoms with van der Waals surface area (Å²) in [5.74, 6) is 0. The lowest BCUT2D eigenvalue weighted by Crippen LogP contribution is -2.45. The van der Waals surface area contributed by atoms with Crippen LogP contribution >= 0.6 is 0 Å². The van der Waals surface area contributed by atoms with E-state index in [1.54, 1.807) is 0 Å². The summed E-state index contributed by atoms with van der Waals surface area (Å²) in [4.78, 5) is 0. The lowest BCUT2D eigenvalue weighted by Gasteiger charge is -2.32. The summed E-state index contributed by atoms with van der Waals surface area (Å²) in [7, 11) is 0. The van der Waals surface area contributed by atoms with E-state index in [2.05, 4.69) is 5.32 Å². The van der Waals surface area contributed by atoms with Crippen LogP contribution in [-0.2, 0) is 6.54 Å². The first-order valence-corrected chi connectivity index (χ1v) is 5.90. The standard InChI is InChI=1S/C13H22N2O2/c1-3-13(8-16,9-17)15-12-6-10(2)4-5-11(12)7-14/h4-6,15-17H,3,7-9,14H2,1-2H3. The van der Waals surface area contributed by atoms with Crippen molar-refractivity contribution in [3.63, 3.8) is 0 Å². The van der Waals surface area contributed by atoms with Crippen molar-refractivity contribution >= 4 is 5.69 Å². The first kappa shape index (κ1) is 14.0. The first-order chi connectivity index (χ1) is 8.10. The Labute approximate surface area is 102 Å². The molecule has 1 aromatic rings. The summed E-state index contributed by atoms with van der Waals surface area (Å²) in [6.45, 7) is 4.13. The maximum absolute atomic E-state index is 9.42. The SMILES string of the molecule is CCC(CO)(CO)Nc1cc(C)ccc1CN. The minimum Gasteiger partial charge on any atom is -0.394 e. The Bertz CT molecular complexity index is 354. The third kappa shape index (κ3) is 3.19. The van der Waals surface area contributed by atoms with Gasteiger partial charge in [0.25, 0.3) is 0 Å². The van der Waals surface area contributed by atoms with Gasteiger partial charge in [-0.1, -0.05) is 19.1 Å². The van der Waals surface area contributed by atoms with Gasteiger partial charge in [0.2, 0.25) is 0 Å². The van der Waals surface area contributed by atoms with Gasteiger partial charge in [-0.2, -0.15) is 0 Å². The zero-order valence-electron chi connectivity index (χ0n) is 10.5. The summed E-state index contributed by atoms with van der Waals surface area (Å²) >= 11 is 0. The minimum absolute atomic E-state index is 0.113. The molecule has 0 saturated carbocycles. The van der Waals surface area contributed by atoms with Crippen LogP contribution in [0.5, 0.6) is 0 Å². The van der Waals surface area contributed by atoms with Crippen molar-refractivity contribution in [2.45, 2.75) is 32.4 Å². The number of nitrogens with two attached hydrogens (primary N) is 1. The van der Waals surface area contributed by atoms with Gasteiger partial charge in [-0.15, -0.1) is 0 Å². The summed E-state index contributed by atoms with van der Waals surface area (Å²) < 4.78 is 0. The van der Waals surface area contributed by atoms with Crippen molar-refractivity contribution < 1.29 is 10.2 Å². The number of anilines is 1. The molecule has 17 heavy (non-hydrogen) atoms. The molecule has 0 fully saturated rings. The number of aliphatic hydroxyl groups excluding tert-OH is 2. The van der Waals surface area contributed by atoms with Crippen LogP contribution in [-0.4, -0.2) is 29.0 Å². The average Bonchev–Trinajstić information content (AvgIpc) is 2.36. The fraction of sp³-hybridized carbons (Fsp3) is 0.538. The van der Waals surface area contributed by atoms with Crippen LogP contribution in [0, 0.1) is 6.92 Å². The monoisotopic (exact) mass is 238 g/mol. The van der Waals surface area contributed by atoms with Crippen molar-refractivity contribution in [3.05, 3.63) is 29.3 Å². The molecule has 0 amide bonds. The van der Waals surface area contributed by atoms with E-state index >= 15 is 0 Å². The lowest BCUT2D eigenvalue weighted by molar-refractivity contribution is 0.132. The molecule has 0 spiro atoms. The molecule has 0 aliphatic carbocycles. The molecule has 0 radical (unpaired) electrons. The van der Waals surface area contributed by atoms with E-state index in [1.807, 2.05) is 32.0 Å². The topological polar surface area (TPSA) is 78.5 Å². The number of nitrogens with one attached hydrogen (secondary N) is 1. The Kier molecular flexibility index (Phi) is 4.93. The maximum atomic E-state index is 9.42. The number of hydrogen-bond acceptors (Lipinski definition) is 4. The average molecular weight is 238 g/mol. The zero-order valence-corrected chi connectivity index (χ0v) is 10.5. The molecule has 4 heteroatoms. The van der Waals surface area contributed by atoms with Gasteiger partial charge in [-0.05, 0) is 30.5 Å². The van der Waals surface area contributed by atoms with Gasteiger partial charge < -0.3 is 21.3 Å². The highest BCUT2D eigenvalue weighted by molar-refractivity contribution is 5.55. The number of aliphatic hydroxyl groups is 2. The maximum Gasteiger partial charge on any atom is 0.0832 e. The quantitative estimate of drug-likeness (QED) is 0.596. The Morgan fingerprint density at radius 3 is 2.41 bits per heavy atom. The molecule has 0 aliphatic rings. The van der Waals surface area contributed by atoms with Crippen LogP contribution in [0.25, 0.3) is 0 Å². The highest BCUT2D eigenvalue weighted by atomic mass is 16.3. The highest BCUT2D eigenvalue weighted by Gasteiger charge is 2.26. The number of benzene rings is 1.